The minimum Gasteiger partial charge on any atom is -0.376 e. The summed E-state index contributed by atoms with van der Waals surface area (Å²) < 4.78 is 37.5. The highest BCUT2D eigenvalue weighted by Gasteiger charge is 2.29. The lowest BCUT2D eigenvalue weighted by Gasteiger charge is -2.12. The van der Waals surface area contributed by atoms with Gasteiger partial charge in [0.25, 0.3) is 5.91 Å². The smallest absolute Gasteiger partial charge is 0.376 e. The predicted octanol–water partition coefficient (Wildman–Crippen LogP) is 3.46. The second-order valence-electron chi connectivity index (χ2n) is 5.76. The summed E-state index contributed by atoms with van der Waals surface area (Å²) in [5, 5.41) is 5.37. The Morgan fingerprint density at radius 3 is 2.23 bits per heavy atom. The van der Waals surface area contributed by atoms with E-state index in [9.17, 15) is 22.8 Å². The van der Waals surface area contributed by atoms with Gasteiger partial charge in [0.1, 0.15) is 0 Å². The van der Waals surface area contributed by atoms with Crippen molar-refractivity contribution in [3.63, 3.8) is 0 Å². The van der Waals surface area contributed by atoms with Crippen LogP contribution in [0, 0.1) is 0 Å². The van der Waals surface area contributed by atoms with E-state index >= 15 is 0 Å². The number of carbonyl (C=O) groups excluding carboxylic acids is 2. The summed E-state index contributed by atoms with van der Waals surface area (Å²) in [6.45, 7) is -0.0966. The van der Waals surface area contributed by atoms with Crippen molar-refractivity contribution >= 4 is 23.2 Å². The summed E-state index contributed by atoms with van der Waals surface area (Å²) in [5.74, 6) is -0.586. The maximum Gasteiger partial charge on any atom is 0.416 e. The first-order valence-corrected chi connectivity index (χ1v) is 7.69. The highest BCUT2D eigenvalue weighted by molar-refractivity contribution is 5.96. The largest absolute Gasteiger partial charge is 0.416 e. The SMILES string of the molecule is CN(C)C(=O)c1cccc(NCC(=O)Nc2ccc(C(F)(F)F)cc2)c1. The van der Waals surface area contributed by atoms with Gasteiger partial charge in [0.2, 0.25) is 5.91 Å². The highest BCUT2D eigenvalue weighted by Crippen LogP contribution is 2.29. The molecule has 0 aliphatic carbocycles. The number of nitrogens with zero attached hydrogens (tertiary/aromatic N) is 1. The van der Waals surface area contributed by atoms with Crippen molar-refractivity contribution in [1.82, 2.24) is 4.90 Å². The Labute approximate surface area is 148 Å². The summed E-state index contributed by atoms with van der Waals surface area (Å²) in [4.78, 5) is 25.3. The molecular weight excluding hydrogens is 347 g/mol. The number of carbonyl (C=O) groups is 2. The van der Waals surface area contributed by atoms with E-state index in [1.807, 2.05) is 0 Å². The van der Waals surface area contributed by atoms with Gasteiger partial charge in [0.05, 0.1) is 12.1 Å². The molecule has 5 nitrogen and oxygen atoms in total. The molecule has 0 saturated carbocycles. The number of amides is 2. The van der Waals surface area contributed by atoms with Crippen molar-refractivity contribution in [3.8, 4) is 0 Å². The molecule has 8 heteroatoms. The predicted molar refractivity (Wildman–Crippen MR) is 93.0 cm³/mol. The number of hydrogen-bond donors (Lipinski definition) is 2. The van der Waals surface area contributed by atoms with Crippen LogP contribution in [0.2, 0.25) is 0 Å². The number of rotatable bonds is 5. The van der Waals surface area contributed by atoms with Crippen LogP contribution in [0.25, 0.3) is 0 Å². The van der Waals surface area contributed by atoms with Crippen LogP contribution in [0.1, 0.15) is 15.9 Å². The Kier molecular flexibility index (Phi) is 5.86. The van der Waals surface area contributed by atoms with Crippen molar-refractivity contribution in [2.75, 3.05) is 31.3 Å². The van der Waals surface area contributed by atoms with E-state index in [4.69, 9.17) is 0 Å². The molecule has 2 aromatic rings. The Hall–Kier alpha value is -3.03. The van der Waals surface area contributed by atoms with E-state index in [0.29, 0.717) is 11.3 Å². The van der Waals surface area contributed by atoms with Gasteiger partial charge in [-0.3, -0.25) is 9.59 Å². The minimum atomic E-state index is -4.42. The van der Waals surface area contributed by atoms with E-state index < -0.39 is 17.6 Å². The number of nitrogens with one attached hydrogen (secondary N) is 2. The molecule has 138 valence electrons. The van der Waals surface area contributed by atoms with Crippen LogP contribution in [0.3, 0.4) is 0 Å². The summed E-state index contributed by atoms with van der Waals surface area (Å²) in [7, 11) is 3.28. The molecule has 0 unspecified atom stereocenters. The molecule has 0 aromatic heterocycles. The summed E-state index contributed by atoms with van der Waals surface area (Å²) >= 11 is 0. The Morgan fingerprint density at radius 2 is 1.65 bits per heavy atom. The van der Waals surface area contributed by atoms with Crippen molar-refractivity contribution in [2.24, 2.45) is 0 Å². The fourth-order valence-electron chi connectivity index (χ4n) is 2.15. The second kappa shape index (κ2) is 7.90. The molecule has 0 spiro atoms. The lowest BCUT2D eigenvalue weighted by molar-refractivity contribution is -0.137. The third-order valence-corrected chi connectivity index (χ3v) is 3.46. The average molecular weight is 365 g/mol. The zero-order chi connectivity index (χ0) is 19.3. The first kappa shape index (κ1) is 19.3. The molecule has 0 radical (unpaired) electrons. The van der Waals surface area contributed by atoms with Gasteiger partial charge < -0.3 is 15.5 Å². The molecule has 0 atom stereocenters. The van der Waals surface area contributed by atoms with Crippen LogP contribution in [0.5, 0.6) is 0 Å². The molecule has 0 fully saturated rings. The van der Waals surface area contributed by atoms with E-state index in [1.54, 1.807) is 38.4 Å². The quantitative estimate of drug-likeness (QED) is 0.853. The number of hydrogen-bond acceptors (Lipinski definition) is 3. The lowest BCUT2D eigenvalue weighted by Crippen LogP contribution is -2.23. The molecule has 26 heavy (non-hydrogen) atoms. The first-order chi connectivity index (χ1) is 12.2. The van der Waals surface area contributed by atoms with Crippen LogP contribution in [-0.4, -0.2) is 37.4 Å². The number of alkyl halides is 3. The van der Waals surface area contributed by atoms with Gasteiger partial charge in [-0.1, -0.05) is 6.07 Å². The molecule has 2 amide bonds. The van der Waals surface area contributed by atoms with Gasteiger partial charge in [-0.05, 0) is 42.5 Å². The Morgan fingerprint density at radius 1 is 1.00 bits per heavy atom. The van der Waals surface area contributed by atoms with Crippen LogP contribution in [-0.2, 0) is 11.0 Å². The van der Waals surface area contributed by atoms with Gasteiger partial charge in [-0.25, -0.2) is 0 Å². The van der Waals surface area contributed by atoms with Crippen molar-refractivity contribution < 1.29 is 22.8 Å². The van der Waals surface area contributed by atoms with Gasteiger partial charge in [0, 0.05) is 31.0 Å². The molecule has 2 rings (SSSR count). The second-order valence-corrected chi connectivity index (χ2v) is 5.76. The highest BCUT2D eigenvalue weighted by atomic mass is 19.4. The molecule has 2 N–H and O–H groups in total. The molecule has 0 saturated heterocycles. The molecule has 0 aliphatic rings. The van der Waals surface area contributed by atoms with Crippen molar-refractivity contribution in [1.29, 1.82) is 0 Å². The third-order valence-electron chi connectivity index (χ3n) is 3.46. The maximum atomic E-state index is 12.5. The van der Waals surface area contributed by atoms with Crippen LogP contribution >= 0.6 is 0 Å². The Bertz CT molecular complexity index is 787. The monoisotopic (exact) mass is 365 g/mol. The fourth-order valence-corrected chi connectivity index (χ4v) is 2.15. The van der Waals surface area contributed by atoms with Crippen LogP contribution in [0.4, 0.5) is 24.5 Å². The van der Waals surface area contributed by atoms with Crippen molar-refractivity contribution in [2.45, 2.75) is 6.18 Å². The normalized spacial score (nSPS) is 11.0. The first-order valence-electron chi connectivity index (χ1n) is 7.69. The van der Waals surface area contributed by atoms with E-state index in [0.717, 1.165) is 12.1 Å². The zero-order valence-corrected chi connectivity index (χ0v) is 14.2. The maximum absolute atomic E-state index is 12.5. The van der Waals surface area contributed by atoms with E-state index in [1.165, 1.54) is 17.0 Å². The number of benzene rings is 2. The van der Waals surface area contributed by atoms with Gasteiger partial charge in [-0.15, -0.1) is 0 Å². The minimum absolute atomic E-state index is 0.0966. The van der Waals surface area contributed by atoms with Crippen molar-refractivity contribution in [3.05, 3.63) is 59.7 Å². The molecule has 0 bridgehead atoms. The molecular formula is C18H18F3N3O2. The average Bonchev–Trinajstić information content (AvgIpc) is 2.59. The lowest BCUT2D eigenvalue weighted by atomic mass is 10.2. The Balaban J connectivity index is 1.93. The van der Waals surface area contributed by atoms with Gasteiger partial charge >= 0.3 is 6.18 Å². The number of anilines is 2. The van der Waals surface area contributed by atoms with E-state index in [2.05, 4.69) is 10.6 Å². The summed E-state index contributed by atoms with van der Waals surface area (Å²) in [5.41, 5.74) is 0.542. The standard InChI is InChI=1S/C18H18F3N3O2/c1-24(2)17(26)12-4-3-5-15(10-12)22-11-16(25)23-14-8-6-13(7-9-14)18(19,20)21/h3-10,22H,11H2,1-2H3,(H,23,25). The van der Waals surface area contributed by atoms with Crippen LogP contribution in [0.15, 0.2) is 48.5 Å². The topological polar surface area (TPSA) is 61.4 Å². The van der Waals surface area contributed by atoms with E-state index in [-0.39, 0.29) is 18.1 Å². The van der Waals surface area contributed by atoms with Gasteiger partial charge in [-0.2, -0.15) is 13.2 Å². The third kappa shape index (κ3) is 5.23. The van der Waals surface area contributed by atoms with Gasteiger partial charge in [0.15, 0.2) is 0 Å². The molecule has 2 aromatic carbocycles. The summed E-state index contributed by atoms with van der Waals surface area (Å²) in [6.07, 6.45) is -4.42. The fraction of sp³-hybridized carbons (Fsp3) is 0.222. The molecule has 0 aliphatic heterocycles. The molecule has 0 heterocycles. The zero-order valence-electron chi connectivity index (χ0n) is 14.2. The summed E-state index contributed by atoms with van der Waals surface area (Å²) in [6, 6.07) is 10.9. The number of halogens is 3. The van der Waals surface area contributed by atoms with Crippen LogP contribution < -0.4 is 10.6 Å².